The van der Waals surface area contributed by atoms with E-state index in [4.69, 9.17) is 9.73 Å². The number of hydrogen-bond donors (Lipinski definition) is 1. The van der Waals surface area contributed by atoms with Gasteiger partial charge < -0.3 is 9.84 Å². The van der Waals surface area contributed by atoms with Gasteiger partial charge in [-0.05, 0) is 45.0 Å². The predicted molar refractivity (Wildman–Crippen MR) is 114 cm³/mol. The molecular formula is C24H29NO2. The lowest BCUT2D eigenvalue weighted by Crippen LogP contribution is -2.31. The third-order valence-electron chi connectivity index (χ3n) is 5.36. The number of methoxy groups -OCH3 is 1. The van der Waals surface area contributed by atoms with Gasteiger partial charge in [0.1, 0.15) is 0 Å². The Morgan fingerprint density at radius 3 is 2.48 bits per heavy atom. The first-order valence-corrected chi connectivity index (χ1v) is 9.37. The quantitative estimate of drug-likeness (QED) is 0.777. The molecule has 1 aliphatic heterocycles. The average molecular weight is 364 g/mol. The highest BCUT2D eigenvalue weighted by Gasteiger charge is 2.34. The van der Waals surface area contributed by atoms with E-state index in [0.717, 1.165) is 11.3 Å². The van der Waals surface area contributed by atoms with Crippen molar-refractivity contribution in [3.05, 3.63) is 71.8 Å². The van der Waals surface area contributed by atoms with E-state index in [9.17, 15) is 5.11 Å². The zero-order valence-corrected chi connectivity index (χ0v) is 16.7. The minimum absolute atomic E-state index is 0.00319. The maximum absolute atomic E-state index is 9.71. The number of benzene rings is 2. The van der Waals surface area contributed by atoms with Crippen molar-refractivity contribution < 1.29 is 9.84 Å². The van der Waals surface area contributed by atoms with Crippen molar-refractivity contribution in [2.45, 2.75) is 38.1 Å². The van der Waals surface area contributed by atoms with Crippen LogP contribution in [0, 0.1) is 0 Å². The van der Waals surface area contributed by atoms with E-state index in [1.54, 1.807) is 13.2 Å². The lowest BCUT2D eigenvalue weighted by atomic mass is 9.74. The van der Waals surface area contributed by atoms with E-state index in [-0.39, 0.29) is 24.0 Å². The van der Waals surface area contributed by atoms with Crippen molar-refractivity contribution in [1.29, 1.82) is 0 Å². The Balaban J connectivity index is 2.41. The molecule has 3 nitrogen and oxygen atoms in total. The van der Waals surface area contributed by atoms with Crippen LogP contribution in [0.2, 0.25) is 0 Å². The normalized spacial score (nSPS) is 19.5. The maximum atomic E-state index is 9.71. The fourth-order valence-corrected chi connectivity index (χ4v) is 4.08. The van der Waals surface area contributed by atoms with Gasteiger partial charge in [-0.15, -0.1) is 0 Å². The molecule has 1 heterocycles. The molecule has 2 atom stereocenters. The van der Waals surface area contributed by atoms with Gasteiger partial charge in [0.15, 0.2) is 0 Å². The van der Waals surface area contributed by atoms with Crippen molar-refractivity contribution >= 4 is 16.5 Å². The average Bonchev–Trinajstić information content (AvgIpc) is 2.65. The van der Waals surface area contributed by atoms with Gasteiger partial charge in [0, 0.05) is 18.6 Å². The number of nitrogens with zero attached hydrogens (tertiary/aromatic N) is 1. The van der Waals surface area contributed by atoms with Gasteiger partial charge in [0.25, 0.3) is 0 Å². The molecule has 1 N–H and O–H groups in total. The van der Waals surface area contributed by atoms with Gasteiger partial charge in [0.2, 0.25) is 0 Å². The molecule has 27 heavy (non-hydrogen) atoms. The van der Waals surface area contributed by atoms with Crippen LogP contribution in [0.15, 0.2) is 60.1 Å². The zero-order chi connectivity index (χ0) is 19.8. The van der Waals surface area contributed by atoms with Crippen LogP contribution in [0.25, 0.3) is 10.8 Å². The topological polar surface area (TPSA) is 41.8 Å². The van der Waals surface area contributed by atoms with E-state index in [2.05, 4.69) is 64.3 Å². The molecule has 0 bridgehead atoms. The fraction of sp³-hybridized carbons (Fsp3) is 0.375. The Kier molecular flexibility index (Phi) is 5.36. The summed E-state index contributed by atoms with van der Waals surface area (Å²) in [6.07, 6.45) is 1.81. The fourth-order valence-electron chi connectivity index (χ4n) is 4.08. The van der Waals surface area contributed by atoms with Gasteiger partial charge in [-0.2, -0.15) is 0 Å². The molecule has 0 radical (unpaired) electrons. The first kappa shape index (κ1) is 19.5. The Morgan fingerprint density at radius 1 is 1.26 bits per heavy atom. The van der Waals surface area contributed by atoms with Gasteiger partial charge in [0.05, 0.1) is 25.0 Å². The standard InChI is InChI=1S/C24H29NO2/c1-7-21-18-12-20(24(3,4)5)16-10-8-9-11-17(16)22(18)19(14-27-6)23(25-21)15(2)13-26/h7-12,19,23,26H,1-2,13-14H2,3-6H3. The molecule has 0 aliphatic carbocycles. The number of allylic oxidation sites excluding steroid dienone is 1. The van der Waals surface area contributed by atoms with E-state index in [1.807, 2.05) is 0 Å². The second kappa shape index (κ2) is 7.41. The summed E-state index contributed by atoms with van der Waals surface area (Å²) in [5.41, 5.74) is 5.17. The van der Waals surface area contributed by atoms with Gasteiger partial charge >= 0.3 is 0 Å². The number of aliphatic hydroxyl groups is 1. The smallest absolute Gasteiger partial charge is 0.0826 e. The molecule has 2 aromatic carbocycles. The summed E-state index contributed by atoms with van der Waals surface area (Å²) in [7, 11) is 1.71. The Hall–Kier alpha value is -2.23. The summed E-state index contributed by atoms with van der Waals surface area (Å²) >= 11 is 0. The highest BCUT2D eigenvalue weighted by molar-refractivity contribution is 6.13. The molecule has 2 unspecified atom stereocenters. The van der Waals surface area contributed by atoms with Crippen LogP contribution in [-0.4, -0.2) is 37.2 Å². The van der Waals surface area contributed by atoms with E-state index >= 15 is 0 Å². The molecule has 0 fully saturated rings. The largest absolute Gasteiger partial charge is 0.392 e. The van der Waals surface area contributed by atoms with E-state index < -0.39 is 0 Å². The number of fused-ring (bicyclic) bond motifs is 3. The summed E-state index contributed by atoms with van der Waals surface area (Å²) in [6, 6.07) is 10.6. The first-order chi connectivity index (χ1) is 12.8. The molecule has 0 saturated carbocycles. The number of ether oxygens (including phenoxy) is 1. The van der Waals surface area contributed by atoms with Crippen molar-refractivity contribution in [1.82, 2.24) is 0 Å². The third-order valence-corrected chi connectivity index (χ3v) is 5.36. The molecule has 3 rings (SSSR count). The van der Waals surface area contributed by atoms with E-state index in [0.29, 0.717) is 12.2 Å². The Bertz CT molecular complexity index is 918. The molecule has 0 amide bonds. The van der Waals surface area contributed by atoms with Gasteiger partial charge in [-0.1, -0.05) is 58.2 Å². The second-order valence-electron chi connectivity index (χ2n) is 8.22. The number of hydrogen-bond acceptors (Lipinski definition) is 3. The molecule has 3 heteroatoms. The summed E-state index contributed by atoms with van der Waals surface area (Å²) in [4.78, 5) is 4.90. The molecule has 0 spiro atoms. The summed E-state index contributed by atoms with van der Waals surface area (Å²) in [6.45, 7) is 15.2. The molecule has 1 aliphatic rings. The summed E-state index contributed by atoms with van der Waals surface area (Å²) < 4.78 is 5.56. The lowest BCUT2D eigenvalue weighted by molar-refractivity contribution is 0.171. The molecular weight excluding hydrogens is 334 g/mol. The molecule has 0 saturated heterocycles. The lowest BCUT2D eigenvalue weighted by Gasteiger charge is -2.34. The van der Waals surface area contributed by atoms with Crippen LogP contribution in [0.4, 0.5) is 0 Å². The molecule has 0 aromatic heterocycles. The van der Waals surface area contributed by atoms with Crippen molar-refractivity contribution in [2.24, 2.45) is 4.99 Å². The van der Waals surface area contributed by atoms with Crippen LogP contribution in [0.3, 0.4) is 0 Å². The highest BCUT2D eigenvalue weighted by Crippen LogP contribution is 2.42. The van der Waals surface area contributed by atoms with Crippen LogP contribution < -0.4 is 0 Å². The van der Waals surface area contributed by atoms with E-state index in [1.165, 1.54) is 21.9 Å². The minimum Gasteiger partial charge on any atom is -0.392 e. The van der Waals surface area contributed by atoms with Crippen LogP contribution >= 0.6 is 0 Å². The third kappa shape index (κ3) is 3.38. The zero-order valence-electron chi connectivity index (χ0n) is 16.7. The second-order valence-corrected chi connectivity index (χ2v) is 8.22. The number of rotatable bonds is 5. The van der Waals surface area contributed by atoms with Gasteiger partial charge in [-0.25, -0.2) is 0 Å². The van der Waals surface area contributed by atoms with Crippen molar-refractivity contribution in [3.8, 4) is 0 Å². The maximum Gasteiger partial charge on any atom is 0.0826 e. The summed E-state index contributed by atoms with van der Waals surface area (Å²) in [5, 5.41) is 12.2. The SMILES string of the molecule is C=CC1=NC(C(=C)CO)C(COC)c2c1cc(C(C)(C)C)c1ccccc21. The summed E-state index contributed by atoms with van der Waals surface area (Å²) in [5.74, 6) is 0.00673. The Morgan fingerprint density at radius 2 is 1.93 bits per heavy atom. The van der Waals surface area contributed by atoms with Crippen LogP contribution in [0.1, 0.15) is 43.4 Å². The predicted octanol–water partition coefficient (Wildman–Crippen LogP) is 4.77. The first-order valence-electron chi connectivity index (χ1n) is 9.37. The Labute approximate surface area is 162 Å². The van der Waals surface area contributed by atoms with Crippen LogP contribution in [-0.2, 0) is 10.2 Å². The molecule has 2 aromatic rings. The minimum atomic E-state index is -0.223. The van der Waals surface area contributed by atoms with Gasteiger partial charge in [-0.3, -0.25) is 4.99 Å². The van der Waals surface area contributed by atoms with Crippen molar-refractivity contribution in [2.75, 3.05) is 20.3 Å². The molecule has 142 valence electrons. The monoisotopic (exact) mass is 363 g/mol. The number of aliphatic imine (C=N–C) groups is 1. The number of aliphatic hydroxyl groups excluding tert-OH is 1. The highest BCUT2D eigenvalue weighted by atomic mass is 16.5. The van der Waals surface area contributed by atoms with Crippen LogP contribution in [0.5, 0.6) is 0 Å². The van der Waals surface area contributed by atoms with Crippen molar-refractivity contribution in [3.63, 3.8) is 0 Å².